The minimum Gasteiger partial charge on any atom is -0.382 e. The minimum atomic E-state index is 0.385. The maximum absolute atomic E-state index is 6.31. The molecule has 2 aromatic heterocycles. The topological polar surface area (TPSA) is 82.5 Å². The molecule has 1 aromatic carbocycles. The van der Waals surface area contributed by atoms with Crippen molar-refractivity contribution in [3.05, 3.63) is 29.5 Å². The van der Waals surface area contributed by atoms with Crippen LogP contribution in [-0.2, 0) is 0 Å². The number of halogens is 1. The quantitative estimate of drug-likeness (QED) is 0.782. The third kappa shape index (κ3) is 1.80. The van der Waals surface area contributed by atoms with Crippen molar-refractivity contribution in [2.24, 2.45) is 0 Å². The molecular weight excluding hydrogens is 276 g/mol. The van der Waals surface area contributed by atoms with Crippen molar-refractivity contribution in [3.63, 3.8) is 0 Å². The van der Waals surface area contributed by atoms with Gasteiger partial charge in [0.1, 0.15) is 11.3 Å². The first-order valence-electron chi connectivity index (χ1n) is 6.35. The number of hydrogen-bond donors (Lipinski definition) is 1. The van der Waals surface area contributed by atoms with E-state index in [9.17, 15) is 0 Å². The lowest BCUT2D eigenvalue weighted by Gasteiger charge is -2.05. The monoisotopic (exact) mass is 286 g/mol. The van der Waals surface area contributed by atoms with E-state index >= 15 is 0 Å². The second-order valence-corrected chi connectivity index (χ2v) is 5.32. The maximum atomic E-state index is 6.31. The zero-order chi connectivity index (χ0) is 13.7. The predicted molar refractivity (Wildman–Crippen MR) is 76.2 cm³/mol. The van der Waals surface area contributed by atoms with E-state index in [4.69, 9.17) is 17.3 Å². The van der Waals surface area contributed by atoms with Crippen LogP contribution < -0.4 is 5.73 Å². The Kier molecular flexibility index (Phi) is 2.40. The molecule has 20 heavy (non-hydrogen) atoms. The summed E-state index contributed by atoms with van der Waals surface area (Å²) in [7, 11) is 0. The third-order valence-electron chi connectivity index (χ3n) is 3.40. The average Bonchev–Trinajstić information content (AvgIpc) is 3.20. The Labute approximate surface area is 119 Å². The Morgan fingerprint density at radius 2 is 2.05 bits per heavy atom. The Hall–Kier alpha value is -2.21. The molecule has 1 aliphatic carbocycles. The van der Waals surface area contributed by atoms with Crippen molar-refractivity contribution in [2.45, 2.75) is 18.9 Å². The highest BCUT2D eigenvalue weighted by molar-refractivity contribution is 6.34. The van der Waals surface area contributed by atoms with Crippen LogP contribution in [0.1, 0.15) is 18.9 Å². The molecule has 0 atom stereocenters. The fourth-order valence-corrected chi connectivity index (χ4v) is 2.48. The number of benzene rings is 1. The number of aromatic nitrogens is 5. The highest BCUT2D eigenvalue weighted by Gasteiger charge is 2.27. The Bertz CT molecular complexity index is 790. The van der Waals surface area contributed by atoms with Crippen LogP contribution in [0, 0.1) is 0 Å². The van der Waals surface area contributed by atoms with Gasteiger partial charge in [0.05, 0.1) is 34.7 Å². The fourth-order valence-electron chi connectivity index (χ4n) is 2.22. The number of nitrogens with zero attached hydrogens (tertiary/aromatic N) is 5. The van der Waals surface area contributed by atoms with Crippen LogP contribution in [0.4, 0.5) is 5.82 Å². The number of hydrogen-bond acceptors (Lipinski definition) is 5. The average molecular weight is 287 g/mol. The van der Waals surface area contributed by atoms with Crippen molar-refractivity contribution in [1.82, 2.24) is 25.0 Å². The largest absolute Gasteiger partial charge is 0.382 e. The van der Waals surface area contributed by atoms with E-state index in [0.29, 0.717) is 22.6 Å². The molecule has 1 saturated carbocycles. The van der Waals surface area contributed by atoms with Gasteiger partial charge in [-0.25, -0.2) is 9.67 Å². The second-order valence-electron chi connectivity index (χ2n) is 4.91. The van der Waals surface area contributed by atoms with Gasteiger partial charge in [0.15, 0.2) is 0 Å². The van der Waals surface area contributed by atoms with E-state index in [1.165, 1.54) is 6.20 Å². The molecule has 0 bridgehead atoms. The van der Waals surface area contributed by atoms with Crippen LogP contribution in [0.5, 0.6) is 0 Å². The summed E-state index contributed by atoms with van der Waals surface area (Å²) in [5, 5.41) is 8.94. The molecule has 1 aliphatic rings. The van der Waals surface area contributed by atoms with Gasteiger partial charge in [0, 0.05) is 5.56 Å². The molecular formula is C13H11ClN6. The number of rotatable bonds is 2. The van der Waals surface area contributed by atoms with Gasteiger partial charge in [0.2, 0.25) is 0 Å². The first-order valence-corrected chi connectivity index (χ1v) is 6.72. The normalized spacial score (nSPS) is 14.8. The van der Waals surface area contributed by atoms with Crippen LogP contribution >= 0.6 is 11.6 Å². The van der Waals surface area contributed by atoms with Crippen LogP contribution in [-0.4, -0.2) is 25.0 Å². The number of fused-ring (bicyclic) bond motifs is 1. The smallest absolute Gasteiger partial charge is 0.141 e. The third-order valence-corrected chi connectivity index (χ3v) is 3.71. The predicted octanol–water partition coefficient (Wildman–Crippen LogP) is 2.46. The number of nitrogens with two attached hydrogens (primary N) is 1. The standard InChI is InChI=1S/C13H11ClN6/c14-9-4-10-12(20(19-18-10)7-1-2-7)3-8(9)11-5-17-13(15)6-16-11/h3-7H,1-2H2,(H2,15,17). The highest BCUT2D eigenvalue weighted by atomic mass is 35.5. The van der Waals surface area contributed by atoms with Gasteiger partial charge < -0.3 is 5.73 Å². The van der Waals surface area contributed by atoms with Gasteiger partial charge in [-0.15, -0.1) is 5.10 Å². The van der Waals surface area contributed by atoms with Crippen molar-refractivity contribution >= 4 is 28.5 Å². The summed E-state index contributed by atoms with van der Waals surface area (Å²) >= 11 is 6.31. The van der Waals surface area contributed by atoms with Crippen LogP contribution in [0.2, 0.25) is 5.02 Å². The molecule has 0 saturated heterocycles. The fraction of sp³-hybridized carbons (Fsp3) is 0.231. The molecule has 0 aliphatic heterocycles. The van der Waals surface area contributed by atoms with E-state index in [1.54, 1.807) is 6.20 Å². The molecule has 0 unspecified atom stereocenters. The molecule has 0 radical (unpaired) electrons. The van der Waals surface area contributed by atoms with E-state index in [-0.39, 0.29) is 0 Å². The molecule has 4 rings (SSSR count). The van der Waals surface area contributed by atoms with Gasteiger partial charge in [0.25, 0.3) is 0 Å². The lowest BCUT2D eigenvalue weighted by molar-refractivity contribution is 0.630. The van der Waals surface area contributed by atoms with Crippen LogP contribution in [0.25, 0.3) is 22.3 Å². The van der Waals surface area contributed by atoms with Gasteiger partial charge in [-0.3, -0.25) is 4.98 Å². The summed E-state index contributed by atoms with van der Waals surface area (Å²) < 4.78 is 1.96. The van der Waals surface area contributed by atoms with Gasteiger partial charge in [-0.05, 0) is 25.0 Å². The summed E-state index contributed by atoms with van der Waals surface area (Å²) in [4.78, 5) is 8.32. The highest BCUT2D eigenvalue weighted by Crippen LogP contribution is 2.38. The lowest BCUT2D eigenvalue weighted by atomic mass is 10.1. The van der Waals surface area contributed by atoms with Gasteiger partial charge in [-0.1, -0.05) is 16.8 Å². The zero-order valence-corrected chi connectivity index (χ0v) is 11.2. The van der Waals surface area contributed by atoms with Crippen molar-refractivity contribution < 1.29 is 0 Å². The van der Waals surface area contributed by atoms with E-state index < -0.39 is 0 Å². The van der Waals surface area contributed by atoms with E-state index in [0.717, 1.165) is 29.4 Å². The van der Waals surface area contributed by atoms with Crippen molar-refractivity contribution in [3.8, 4) is 11.3 Å². The lowest BCUT2D eigenvalue weighted by Crippen LogP contribution is -1.97. The van der Waals surface area contributed by atoms with Crippen LogP contribution in [0.3, 0.4) is 0 Å². The van der Waals surface area contributed by atoms with E-state index in [1.807, 2.05) is 16.8 Å². The summed E-state index contributed by atoms with van der Waals surface area (Å²) in [6.45, 7) is 0. The summed E-state index contributed by atoms with van der Waals surface area (Å²) in [5.41, 5.74) is 8.84. The van der Waals surface area contributed by atoms with Crippen molar-refractivity contribution in [1.29, 1.82) is 0 Å². The van der Waals surface area contributed by atoms with Crippen LogP contribution in [0.15, 0.2) is 24.5 Å². The van der Waals surface area contributed by atoms with Crippen molar-refractivity contribution in [2.75, 3.05) is 5.73 Å². The van der Waals surface area contributed by atoms with E-state index in [2.05, 4.69) is 20.3 Å². The molecule has 3 aromatic rings. The summed E-state index contributed by atoms with van der Waals surface area (Å²) in [5.74, 6) is 0.385. The summed E-state index contributed by atoms with van der Waals surface area (Å²) in [6, 6.07) is 4.25. The maximum Gasteiger partial charge on any atom is 0.141 e. The zero-order valence-electron chi connectivity index (χ0n) is 10.5. The SMILES string of the molecule is Nc1cnc(-c2cc3c(cc2Cl)nnn3C2CC2)cn1. The first kappa shape index (κ1) is 11.6. The number of nitrogen functional groups attached to an aromatic ring is 1. The first-order chi connectivity index (χ1) is 9.72. The molecule has 1 fully saturated rings. The molecule has 6 nitrogen and oxygen atoms in total. The Balaban J connectivity index is 1.91. The Morgan fingerprint density at radius 1 is 1.20 bits per heavy atom. The molecule has 2 N–H and O–H groups in total. The molecule has 7 heteroatoms. The molecule has 2 heterocycles. The number of anilines is 1. The second kappa shape index (κ2) is 4.14. The van der Waals surface area contributed by atoms with Gasteiger partial charge in [-0.2, -0.15) is 0 Å². The molecule has 100 valence electrons. The summed E-state index contributed by atoms with van der Waals surface area (Å²) in [6.07, 6.45) is 5.44. The van der Waals surface area contributed by atoms with Gasteiger partial charge >= 0.3 is 0 Å². The molecule has 0 spiro atoms. The Morgan fingerprint density at radius 3 is 2.75 bits per heavy atom. The molecule has 0 amide bonds. The minimum absolute atomic E-state index is 0.385.